The zero-order valence-corrected chi connectivity index (χ0v) is 10.7. The van der Waals surface area contributed by atoms with Gasteiger partial charge in [-0.2, -0.15) is 0 Å². The molecule has 0 unspecified atom stereocenters. The van der Waals surface area contributed by atoms with Crippen molar-refractivity contribution in [3.63, 3.8) is 0 Å². The maximum absolute atomic E-state index is 11.4. The molecular formula is C8H9NO7S2. The first-order chi connectivity index (χ1) is 8.30. The van der Waals surface area contributed by atoms with Gasteiger partial charge in [-0.25, -0.2) is 21.6 Å². The Labute approximate surface area is 104 Å². The SMILES string of the molecule is CS(=O)(=O)c1ccccc1OC(=O)ON[SH](=O)=O. The van der Waals surface area contributed by atoms with E-state index in [0.29, 0.717) is 0 Å². The van der Waals surface area contributed by atoms with Crippen LogP contribution in [0.3, 0.4) is 0 Å². The summed E-state index contributed by atoms with van der Waals surface area (Å²) in [6, 6.07) is 5.36. The summed E-state index contributed by atoms with van der Waals surface area (Å²) in [5, 5.41) is 0. The number of benzene rings is 1. The fraction of sp³-hybridized carbons (Fsp3) is 0.125. The molecule has 0 saturated carbocycles. The standard InChI is InChI=1S/C8H9NO7S2/c1-18(13,14)7-5-3-2-4-6(7)15-8(10)16-9-17(11)12/h2-5,17H,1H3,(H,9,11,12). The van der Waals surface area contributed by atoms with Crippen LogP contribution in [0.2, 0.25) is 0 Å². The number of ether oxygens (including phenoxy) is 1. The Morgan fingerprint density at radius 2 is 1.89 bits per heavy atom. The van der Waals surface area contributed by atoms with Gasteiger partial charge in [0.25, 0.3) is 0 Å². The summed E-state index contributed by atoms with van der Waals surface area (Å²) in [7, 11) is -6.71. The molecule has 1 aromatic carbocycles. The van der Waals surface area contributed by atoms with E-state index in [1.807, 2.05) is 0 Å². The average molecular weight is 295 g/mol. The van der Waals surface area contributed by atoms with Crippen molar-refractivity contribution in [3.05, 3.63) is 24.3 Å². The number of sulfone groups is 1. The van der Waals surface area contributed by atoms with E-state index in [2.05, 4.69) is 9.57 Å². The number of carbonyl (C=O) groups excluding carboxylic acids is 1. The molecule has 0 saturated heterocycles. The molecule has 0 amide bonds. The van der Waals surface area contributed by atoms with Crippen molar-refractivity contribution in [1.82, 2.24) is 4.89 Å². The Morgan fingerprint density at radius 1 is 1.28 bits per heavy atom. The molecule has 0 bridgehead atoms. The van der Waals surface area contributed by atoms with Crippen LogP contribution in [0.4, 0.5) is 4.79 Å². The lowest BCUT2D eigenvalue weighted by atomic mass is 10.3. The fourth-order valence-electron chi connectivity index (χ4n) is 1.03. The molecule has 0 aliphatic carbocycles. The number of carbonyl (C=O) groups is 1. The van der Waals surface area contributed by atoms with Crippen LogP contribution in [0.25, 0.3) is 0 Å². The number of para-hydroxylation sites is 1. The van der Waals surface area contributed by atoms with E-state index in [9.17, 15) is 21.6 Å². The lowest BCUT2D eigenvalue weighted by Gasteiger charge is -2.07. The lowest BCUT2D eigenvalue weighted by molar-refractivity contribution is 0.0800. The first-order valence-corrected chi connectivity index (χ1v) is 7.45. The molecule has 0 radical (unpaired) electrons. The molecule has 1 rings (SSSR count). The molecule has 0 heterocycles. The van der Waals surface area contributed by atoms with Gasteiger partial charge in [0.2, 0.25) is 10.9 Å². The van der Waals surface area contributed by atoms with Crippen LogP contribution in [-0.2, 0) is 25.6 Å². The van der Waals surface area contributed by atoms with Gasteiger partial charge in [-0.1, -0.05) is 12.1 Å². The van der Waals surface area contributed by atoms with Crippen molar-refractivity contribution in [2.75, 3.05) is 6.26 Å². The molecule has 100 valence electrons. The van der Waals surface area contributed by atoms with Crippen LogP contribution < -0.4 is 9.62 Å². The summed E-state index contributed by atoms with van der Waals surface area (Å²) in [6.45, 7) is 0. The second-order valence-corrected chi connectivity index (χ2v) is 5.70. The van der Waals surface area contributed by atoms with Crippen LogP contribution >= 0.6 is 0 Å². The molecule has 0 fully saturated rings. The highest BCUT2D eigenvalue weighted by atomic mass is 32.2. The van der Waals surface area contributed by atoms with Crippen LogP contribution in [0.1, 0.15) is 0 Å². The van der Waals surface area contributed by atoms with Crippen molar-refractivity contribution in [3.8, 4) is 5.75 Å². The predicted molar refractivity (Wildman–Crippen MR) is 60.1 cm³/mol. The minimum atomic E-state index is -3.58. The topological polar surface area (TPSA) is 116 Å². The summed E-state index contributed by atoms with van der Waals surface area (Å²) < 4.78 is 47.4. The van der Waals surface area contributed by atoms with E-state index in [1.165, 1.54) is 29.2 Å². The van der Waals surface area contributed by atoms with Gasteiger partial charge in [0.05, 0.1) is 0 Å². The zero-order valence-electron chi connectivity index (χ0n) is 9.02. The van der Waals surface area contributed by atoms with Crippen molar-refractivity contribution < 1.29 is 31.2 Å². The number of hydrogen-bond donors (Lipinski definition) is 2. The highest BCUT2D eigenvalue weighted by molar-refractivity contribution is 7.90. The van der Waals surface area contributed by atoms with Gasteiger partial charge in [0, 0.05) is 6.26 Å². The van der Waals surface area contributed by atoms with Gasteiger partial charge in [-0.15, -0.1) is 0 Å². The van der Waals surface area contributed by atoms with Crippen LogP contribution in [0.15, 0.2) is 29.2 Å². The van der Waals surface area contributed by atoms with E-state index >= 15 is 0 Å². The maximum Gasteiger partial charge on any atom is 0.534 e. The van der Waals surface area contributed by atoms with Gasteiger partial charge in [0.15, 0.2) is 15.6 Å². The molecule has 18 heavy (non-hydrogen) atoms. The van der Waals surface area contributed by atoms with Gasteiger partial charge in [-0.3, -0.25) is 0 Å². The van der Waals surface area contributed by atoms with E-state index in [0.717, 1.165) is 6.26 Å². The Balaban J connectivity index is 2.88. The van der Waals surface area contributed by atoms with E-state index in [1.54, 1.807) is 0 Å². The second kappa shape index (κ2) is 5.80. The van der Waals surface area contributed by atoms with Gasteiger partial charge < -0.3 is 9.57 Å². The summed E-state index contributed by atoms with van der Waals surface area (Å²) in [6.07, 6.45) is -0.460. The third-order valence-electron chi connectivity index (χ3n) is 1.65. The highest BCUT2D eigenvalue weighted by Crippen LogP contribution is 2.23. The van der Waals surface area contributed by atoms with Crippen LogP contribution in [0, 0.1) is 0 Å². The summed E-state index contributed by atoms with van der Waals surface area (Å²) >= 11 is 0. The summed E-state index contributed by atoms with van der Waals surface area (Å²) in [4.78, 5) is 16.1. The molecule has 10 heteroatoms. The van der Waals surface area contributed by atoms with Crippen molar-refractivity contribution in [1.29, 1.82) is 0 Å². The van der Waals surface area contributed by atoms with Crippen molar-refractivity contribution in [2.24, 2.45) is 0 Å². The van der Waals surface area contributed by atoms with Crippen molar-refractivity contribution in [2.45, 2.75) is 4.90 Å². The smallest absolute Gasteiger partial charge is 0.392 e. The maximum atomic E-state index is 11.4. The fourth-order valence-corrected chi connectivity index (χ4v) is 1.98. The lowest BCUT2D eigenvalue weighted by Crippen LogP contribution is -2.21. The quantitative estimate of drug-likeness (QED) is 0.337. The van der Waals surface area contributed by atoms with Crippen molar-refractivity contribution >= 4 is 26.9 Å². The molecular weight excluding hydrogens is 286 g/mol. The predicted octanol–water partition coefficient (Wildman–Crippen LogP) is -0.363. The third-order valence-corrected chi connectivity index (χ3v) is 3.02. The number of thiol groups is 1. The molecule has 0 spiro atoms. The number of hydrogen-bond acceptors (Lipinski definition) is 7. The van der Waals surface area contributed by atoms with Gasteiger partial charge in [-0.05, 0) is 17.0 Å². The molecule has 0 atom stereocenters. The van der Waals surface area contributed by atoms with Gasteiger partial charge >= 0.3 is 6.16 Å². The minimum absolute atomic E-state index is 0.214. The van der Waals surface area contributed by atoms with E-state index < -0.39 is 26.9 Å². The normalized spacial score (nSPS) is 11.2. The zero-order chi connectivity index (χ0) is 13.8. The molecule has 0 aliphatic rings. The Kier molecular flexibility index (Phi) is 4.64. The summed E-state index contributed by atoms with van der Waals surface area (Å²) in [5.41, 5.74) is 0. The Hall–Kier alpha value is -1.65. The molecule has 8 nitrogen and oxygen atoms in total. The first-order valence-electron chi connectivity index (χ1n) is 4.38. The molecule has 1 aromatic rings. The second-order valence-electron chi connectivity index (χ2n) is 3.02. The minimum Gasteiger partial charge on any atom is -0.392 e. The Morgan fingerprint density at radius 3 is 2.44 bits per heavy atom. The number of rotatable bonds is 4. The molecule has 0 aliphatic heterocycles. The van der Waals surface area contributed by atoms with Gasteiger partial charge in [0.1, 0.15) is 4.90 Å². The average Bonchev–Trinajstić information content (AvgIpc) is 2.25. The third kappa shape index (κ3) is 4.31. The first kappa shape index (κ1) is 14.4. The largest absolute Gasteiger partial charge is 0.534 e. The number of nitrogens with one attached hydrogen (secondary N) is 1. The van der Waals surface area contributed by atoms with Crippen LogP contribution in [-0.4, -0.2) is 29.2 Å². The summed E-state index contributed by atoms with van der Waals surface area (Å²) in [5.74, 6) is -0.257. The Bertz CT molecular complexity index is 612. The highest BCUT2D eigenvalue weighted by Gasteiger charge is 2.17. The van der Waals surface area contributed by atoms with E-state index in [-0.39, 0.29) is 10.6 Å². The van der Waals surface area contributed by atoms with Crippen LogP contribution in [0.5, 0.6) is 5.75 Å². The molecule has 1 N–H and O–H groups in total. The molecule has 0 aromatic heterocycles. The monoisotopic (exact) mass is 295 g/mol. The van der Waals surface area contributed by atoms with E-state index in [4.69, 9.17) is 0 Å².